The molecule has 2 N–H and O–H groups in total. The molecule has 1 aliphatic rings. The van der Waals surface area contributed by atoms with Crippen molar-refractivity contribution in [2.75, 3.05) is 0 Å². The molecule has 0 bridgehead atoms. The number of unbranched alkanes of at least 4 members (excludes halogenated alkanes) is 10. The molecule has 1 rings (SSSR count). The predicted molar refractivity (Wildman–Crippen MR) is 105 cm³/mol. The summed E-state index contributed by atoms with van der Waals surface area (Å²) in [7, 11) is -4.36. The van der Waals surface area contributed by atoms with Gasteiger partial charge < -0.3 is 5.11 Å². The van der Waals surface area contributed by atoms with Crippen LogP contribution < -0.4 is 0 Å². The Bertz CT molecular complexity index is 437. The average Bonchev–Trinajstić information content (AvgIpc) is 3.27. The number of aliphatic hydroxyl groups is 1. The molecule has 6 heteroatoms. The van der Waals surface area contributed by atoms with Crippen LogP contribution in [0, 0.1) is 5.92 Å². The molecule has 3 atom stereocenters. The summed E-state index contributed by atoms with van der Waals surface area (Å²) in [4.78, 5) is 0. The fraction of sp³-hybridized carbons (Fsp3) is 1.00. The van der Waals surface area contributed by atoms with Gasteiger partial charge in [-0.1, -0.05) is 84.0 Å². The van der Waals surface area contributed by atoms with Gasteiger partial charge in [0.15, 0.2) is 0 Å². The Kier molecular flexibility index (Phi) is 12.8. The molecule has 0 saturated heterocycles. The van der Waals surface area contributed by atoms with Crippen LogP contribution in [0.5, 0.6) is 0 Å². The third-order valence-corrected chi connectivity index (χ3v) is 5.89. The van der Waals surface area contributed by atoms with Crippen molar-refractivity contribution in [1.29, 1.82) is 0 Å². The van der Waals surface area contributed by atoms with E-state index in [1.54, 1.807) is 0 Å². The van der Waals surface area contributed by atoms with Gasteiger partial charge in [-0.2, -0.15) is 8.42 Å². The maximum Gasteiger partial charge on any atom is 0.397 e. The van der Waals surface area contributed by atoms with Crippen molar-refractivity contribution in [3.8, 4) is 0 Å². The van der Waals surface area contributed by atoms with Crippen LogP contribution in [0.15, 0.2) is 0 Å². The van der Waals surface area contributed by atoms with Crippen molar-refractivity contribution < 1.29 is 22.3 Å². The Morgan fingerprint density at radius 3 is 1.81 bits per heavy atom. The summed E-state index contributed by atoms with van der Waals surface area (Å²) < 4.78 is 35.9. The zero-order chi connectivity index (χ0) is 19.3. The molecule has 1 aliphatic carbocycles. The fourth-order valence-corrected chi connectivity index (χ4v) is 4.13. The van der Waals surface area contributed by atoms with Gasteiger partial charge in [0.1, 0.15) is 0 Å². The molecule has 3 unspecified atom stereocenters. The van der Waals surface area contributed by atoms with Crippen molar-refractivity contribution in [2.45, 2.75) is 122 Å². The van der Waals surface area contributed by atoms with Gasteiger partial charge in [-0.05, 0) is 31.6 Å². The summed E-state index contributed by atoms with van der Waals surface area (Å²) in [5.41, 5.74) is 0. The smallest absolute Gasteiger partial charge is 0.393 e. The highest BCUT2D eigenvalue weighted by atomic mass is 32.3. The van der Waals surface area contributed by atoms with E-state index in [9.17, 15) is 13.5 Å². The Balaban J connectivity index is 2.03. The van der Waals surface area contributed by atoms with Gasteiger partial charge in [-0.3, -0.25) is 4.55 Å². The summed E-state index contributed by atoms with van der Waals surface area (Å²) >= 11 is 0. The topological polar surface area (TPSA) is 83.8 Å². The lowest BCUT2D eigenvalue weighted by molar-refractivity contribution is 0.157. The van der Waals surface area contributed by atoms with Crippen molar-refractivity contribution >= 4 is 10.4 Å². The van der Waals surface area contributed by atoms with Crippen LogP contribution in [0.4, 0.5) is 0 Å². The summed E-state index contributed by atoms with van der Waals surface area (Å²) in [5, 5.41) is 9.27. The lowest BCUT2D eigenvalue weighted by Crippen LogP contribution is -2.18. The van der Waals surface area contributed by atoms with Gasteiger partial charge in [0.2, 0.25) is 0 Å². The van der Waals surface area contributed by atoms with Gasteiger partial charge in [0.05, 0.1) is 12.2 Å². The van der Waals surface area contributed by atoms with Gasteiger partial charge in [-0.15, -0.1) is 0 Å². The van der Waals surface area contributed by atoms with Gasteiger partial charge >= 0.3 is 10.4 Å². The highest BCUT2D eigenvalue weighted by Gasteiger charge is 2.33. The van der Waals surface area contributed by atoms with E-state index in [1.165, 1.54) is 44.9 Å². The standard InChI is InChI=1S/C20H40O5S/c1-2-3-4-5-9-12-15-19(25-26(22,23)24)16-13-10-7-6-8-11-14-18-17-20(18)21/h18-21H,2-17H2,1H3,(H,22,23,24). The molecule has 0 spiro atoms. The first-order valence-corrected chi connectivity index (χ1v) is 12.1. The van der Waals surface area contributed by atoms with Crippen LogP contribution in [-0.4, -0.2) is 30.3 Å². The number of hydrogen-bond acceptors (Lipinski definition) is 4. The van der Waals surface area contributed by atoms with Crippen LogP contribution in [0.2, 0.25) is 0 Å². The summed E-state index contributed by atoms with van der Waals surface area (Å²) in [5.74, 6) is 0.565. The maximum absolute atomic E-state index is 11.0. The van der Waals surface area contributed by atoms with E-state index < -0.39 is 10.4 Å². The molecular weight excluding hydrogens is 352 g/mol. The van der Waals surface area contributed by atoms with Crippen LogP contribution in [0.3, 0.4) is 0 Å². The Hall–Kier alpha value is -0.170. The third kappa shape index (κ3) is 14.0. The normalized spacial score (nSPS) is 21.0. The molecule has 0 aromatic carbocycles. The molecule has 156 valence electrons. The lowest BCUT2D eigenvalue weighted by atomic mass is 10.0. The Morgan fingerprint density at radius 1 is 0.885 bits per heavy atom. The quantitative estimate of drug-likeness (QED) is 0.240. The molecule has 5 nitrogen and oxygen atoms in total. The second-order valence-corrected chi connectivity index (χ2v) is 9.01. The van der Waals surface area contributed by atoms with E-state index >= 15 is 0 Å². The molecule has 0 aromatic rings. The van der Waals surface area contributed by atoms with Crippen LogP contribution in [0.25, 0.3) is 0 Å². The molecule has 1 fully saturated rings. The molecule has 26 heavy (non-hydrogen) atoms. The third-order valence-electron chi connectivity index (χ3n) is 5.37. The predicted octanol–water partition coefficient (Wildman–Crippen LogP) is 5.43. The van der Waals surface area contributed by atoms with E-state index in [2.05, 4.69) is 6.92 Å². The minimum absolute atomic E-state index is 0.0265. The zero-order valence-electron chi connectivity index (χ0n) is 16.6. The van der Waals surface area contributed by atoms with Gasteiger partial charge in [0.25, 0.3) is 0 Å². The fourth-order valence-electron chi connectivity index (χ4n) is 3.59. The molecule has 0 aliphatic heterocycles. The highest BCUT2D eigenvalue weighted by Crippen LogP contribution is 2.34. The number of rotatable bonds is 18. The number of hydrogen-bond donors (Lipinski definition) is 2. The minimum atomic E-state index is -4.36. The molecule has 0 aromatic heterocycles. The first kappa shape index (κ1) is 23.9. The van der Waals surface area contributed by atoms with Crippen molar-refractivity contribution in [3.63, 3.8) is 0 Å². The second kappa shape index (κ2) is 13.9. The Morgan fingerprint density at radius 2 is 1.35 bits per heavy atom. The number of aliphatic hydroxyl groups excluding tert-OH is 1. The SMILES string of the molecule is CCCCCCCCC(CCCCCCCCC1CC1O)OS(=O)(=O)O. The highest BCUT2D eigenvalue weighted by molar-refractivity contribution is 7.80. The molecule has 0 heterocycles. The van der Waals surface area contributed by atoms with E-state index in [4.69, 9.17) is 8.74 Å². The monoisotopic (exact) mass is 392 g/mol. The largest absolute Gasteiger partial charge is 0.397 e. The first-order chi connectivity index (χ1) is 12.4. The van der Waals surface area contributed by atoms with Crippen molar-refractivity contribution in [3.05, 3.63) is 0 Å². The van der Waals surface area contributed by atoms with E-state index in [-0.39, 0.29) is 12.2 Å². The van der Waals surface area contributed by atoms with Crippen molar-refractivity contribution in [2.24, 2.45) is 5.92 Å². The molecule has 0 amide bonds. The lowest BCUT2D eigenvalue weighted by Gasteiger charge is -2.15. The van der Waals surface area contributed by atoms with Gasteiger partial charge in [0, 0.05) is 0 Å². The van der Waals surface area contributed by atoms with E-state index in [1.807, 2.05) is 0 Å². The summed E-state index contributed by atoms with van der Waals surface area (Å²) in [6, 6.07) is 0. The average molecular weight is 393 g/mol. The van der Waals surface area contributed by atoms with Gasteiger partial charge in [-0.25, -0.2) is 4.18 Å². The van der Waals surface area contributed by atoms with Crippen LogP contribution >= 0.6 is 0 Å². The molecule has 0 radical (unpaired) electrons. The summed E-state index contributed by atoms with van der Waals surface area (Å²) in [6.07, 6.45) is 16.9. The first-order valence-electron chi connectivity index (χ1n) is 10.8. The van der Waals surface area contributed by atoms with Crippen LogP contribution in [-0.2, 0) is 14.6 Å². The van der Waals surface area contributed by atoms with E-state index in [0.717, 1.165) is 44.9 Å². The Labute approximate surface area is 160 Å². The zero-order valence-corrected chi connectivity index (χ0v) is 17.4. The summed E-state index contributed by atoms with van der Waals surface area (Å²) in [6.45, 7) is 2.19. The van der Waals surface area contributed by atoms with E-state index in [0.29, 0.717) is 18.8 Å². The van der Waals surface area contributed by atoms with Crippen molar-refractivity contribution in [1.82, 2.24) is 0 Å². The van der Waals surface area contributed by atoms with Crippen LogP contribution in [0.1, 0.15) is 110 Å². The second-order valence-electron chi connectivity index (χ2n) is 7.96. The minimum Gasteiger partial charge on any atom is -0.393 e. The molecule has 1 saturated carbocycles. The molecular formula is C20H40O5S. The maximum atomic E-state index is 11.0.